The van der Waals surface area contributed by atoms with Crippen molar-refractivity contribution >= 4 is 46.1 Å². The standard InChI is InChI=1S/C28H27ClF4N8O5/c1-2-20-23(38-5-7-39(8-6-38)25-21(42)14-46-37-25)26(44)41-27(35-24(36-41)15-3-9-45-10-4-15)40(20)13-22(43)34-19-12-18(30)16(11-17(19)29)28(31,32)33/h3,11-12,14,42H,2,4-10,13H2,1H3,(H,34,43). The Kier molecular flexibility index (Phi) is 8.37. The Morgan fingerprint density at radius 2 is 1.91 bits per heavy atom. The summed E-state index contributed by atoms with van der Waals surface area (Å²) in [4.78, 5) is 35.6. The van der Waals surface area contributed by atoms with Crippen LogP contribution >= 0.6 is 11.6 Å². The Hall–Kier alpha value is -4.64. The molecule has 0 aliphatic carbocycles. The highest BCUT2D eigenvalue weighted by Crippen LogP contribution is 2.36. The summed E-state index contributed by atoms with van der Waals surface area (Å²) in [7, 11) is 0. The average Bonchev–Trinajstić information content (AvgIpc) is 3.67. The van der Waals surface area contributed by atoms with Gasteiger partial charge in [0.25, 0.3) is 5.56 Å². The molecule has 3 aromatic heterocycles. The average molecular weight is 667 g/mol. The van der Waals surface area contributed by atoms with E-state index in [-0.39, 0.29) is 41.0 Å². The molecule has 13 nitrogen and oxygen atoms in total. The number of anilines is 3. The van der Waals surface area contributed by atoms with Gasteiger partial charge in [0.05, 0.1) is 35.2 Å². The molecule has 0 radical (unpaired) electrons. The smallest absolute Gasteiger partial charge is 0.419 e. The summed E-state index contributed by atoms with van der Waals surface area (Å²) in [6, 6.07) is 0.916. The molecule has 5 heterocycles. The van der Waals surface area contributed by atoms with Gasteiger partial charge in [-0.15, -0.1) is 5.10 Å². The van der Waals surface area contributed by atoms with Gasteiger partial charge in [-0.2, -0.15) is 22.7 Å². The Morgan fingerprint density at radius 1 is 1.17 bits per heavy atom. The number of carbonyl (C=O) groups excluding carboxylic acids is 1. The molecule has 0 unspecified atom stereocenters. The number of nitrogens with zero attached hydrogens (tertiary/aromatic N) is 7. The third-order valence-electron chi connectivity index (χ3n) is 7.78. The second-order valence-corrected chi connectivity index (χ2v) is 11.0. The molecule has 1 fully saturated rings. The molecule has 1 aromatic carbocycles. The highest BCUT2D eigenvalue weighted by molar-refractivity contribution is 6.33. The number of aromatic nitrogens is 5. The van der Waals surface area contributed by atoms with E-state index in [2.05, 4.69) is 20.6 Å². The van der Waals surface area contributed by atoms with Gasteiger partial charge in [-0.05, 0) is 30.5 Å². The van der Waals surface area contributed by atoms with Gasteiger partial charge < -0.3 is 34.1 Å². The zero-order valence-electron chi connectivity index (χ0n) is 24.3. The monoisotopic (exact) mass is 666 g/mol. The topological polar surface area (TPSA) is 143 Å². The fourth-order valence-corrected chi connectivity index (χ4v) is 5.79. The van der Waals surface area contributed by atoms with Gasteiger partial charge in [-0.1, -0.05) is 29.8 Å². The lowest BCUT2D eigenvalue weighted by Crippen LogP contribution is -2.49. The number of benzene rings is 1. The van der Waals surface area contributed by atoms with Crippen molar-refractivity contribution in [2.24, 2.45) is 0 Å². The van der Waals surface area contributed by atoms with Crippen LogP contribution in [0.15, 0.2) is 33.8 Å². The fraction of sp³-hybridized carbons (Fsp3) is 0.393. The van der Waals surface area contributed by atoms with Crippen molar-refractivity contribution < 1.29 is 36.7 Å². The first-order valence-corrected chi connectivity index (χ1v) is 14.6. The Bertz CT molecular complexity index is 1890. The molecule has 18 heteroatoms. The van der Waals surface area contributed by atoms with Crippen molar-refractivity contribution in [3.05, 3.63) is 62.7 Å². The number of hydrogen-bond donors (Lipinski definition) is 2. The van der Waals surface area contributed by atoms with Crippen LogP contribution in [0.2, 0.25) is 5.02 Å². The molecule has 0 spiro atoms. The highest BCUT2D eigenvalue weighted by Gasteiger charge is 2.35. The van der Waals surface area contributed by atoms with Gasteiger partial charge in [0.1, 0.15) is 18.0 Å². The summed E-state index contributed by atoms with van der Waals surface area (Å²) < 4.78 is 66.6. The molecular formula is C28H27ClF4N8O5. The Labute approximate surface area is 262 Å². The molecule has 46 heavy (non-hydrogen) atoms. The first-order chi connectivity index (χ1) is 22.0. The number of piperazine rings is 1. The van der Waals surface area contributed by atoms with Crippen LogP contribution in [-0.4, -0.2) is 74.7 Å². The van der Waals surface area contributed by atoms with Gasteiger partial charge in [0, 0.05) is 26.2 Å². The van der Waals surface area contributed by atoms with Gasteiger partial charge in [-0.3, -0.25) is 9.59 Å². The highest BCUT2D eigenvalue weighted by atomic mass is 35.5. The van der Waals surface area contributed by atoms with E-state index in [1.807, 2.05) is 9.80 Å². The quantitative estimate of drug-likeness (QED) is 0.280. The van der Waals surface area contributed by atoms with Crippen LogP contribution in [-0.2, 0) is 28.7 Å². The van der Waals surface area contributed by atoms with Crippen molar-refractivity contribution in [3.8, 4) is 5.75 Å². The predicted molar refractivity (Wildman–Crippen MR) is 158 cm³/mol. The minimum Gasteiger partial charge on any atom is -0.502 e. The summed E-state index contributed by atoms with van der Waals surface area (Å²) in [6.07, 6.45) is -1.25. The minimum absolute atomic E-state index is 0.0685. The number of amides is 1. The van der Waals surface area contributed by atoms with E-state index in [1.165, 1.54) is 4.57 Å². The summed E-state index contributed by atoms with van der Waals surface area (Å²) in [6.45, 7) is 3.59. The predicted octanol–water partition coefficient (Wildman–Crippen LogP) is 3.73. The Morgan fingerprint density at radius 3 is 2.54 bits per heavy atom. The van der Waals surface area contributed by atoms with Crippen LogP contribution < -0.4 is 20.7 Å². The number of nitrogens with one attached hydrogen (secondary N) is 1. The van der Waals surface area contributed by atoms with Crippen LogP contribution in [0.4, 0.5) is 34.8 Å². The lowest BCUT2D eigenvalue weighted by Gasteiger charge is -2.36. The van der Waals surface area contributed by atoms with E-state index in [0.29, 0.717) is 63.6 Å². The second kappa shape index (κ2) is 12.3. The van der Waals surface area contributed by atoms with E-state index in [9.17, 15) is 32.3 Å². The lowest BCUT2D eigenvalue weighted by molar-refractivity contribution is -0.139. The van der Waals surface area contributed by atoms with Crippen LogP contribution in [0.3, 0.4) is 0 Å². The fourth-order valence-electron chi connectivity index (χ4n) is 5.58. The molecule has 2 aliphatic heterocycles. The molecule has 1 saturated heterocycles. The molecule has 6 rings (SSSR count). The van der Waals surface area contributed by atoms with Crippen molar-refractivity contribution in [1.82, 2.24) is 24.3 Å². The SMILES string of the molecule is CCc1c(N2CCN(c3nocc3O)CC2)c(=O)n2nc(C3=CCOCC3)nc2n1CC(=O)Nc1cc(F)c(C(F)(F)F)cc1Cl. The summed E-state index contributed by atoms with van der Waals surface area (Å²) in [5.41, 5.74) is -0.877. The molecular weight excluding hydrogens is 640 g/mol. The largest absolute Gasteiger partial charge is 0.502 e. The van der Waals surface area contributed by atoms with Crippen LogP contribution in [0.25, 0.3) is 11.4 Å². The first kappa shape index (κ1) is 31.3. The summed E-state index contributed by atoms with van der Waals surface area (Å²) >= 11 is 5.99. The van der Waals surface area contributed by atoms with Crippen molar-refractivity contribution in [2.45, 2.75) is 32.5 Å². The first-order valence-electron chi connectivity index (χ1n) is 14.2. The van der Waals surface area contributed by atoms with E-state index in [1.54, 1.807) is 13.0 Å². The number of rotatable bonds is 7. The number of alkyl halides is 3. The second-order valence-electron chi connectivity index (χ2n) is 10.6. The number of carbonyl (C=O) groups is 1. The van der Waals surface area contributed by atoms with Gasteiger partial charge in [0.15, 0.2) is 12.1 Å². The molecule has 1 amide bonds. The van der Waals surface area contributed by atoms with Crippen LogP contribution in [0.1, 0.15) is 30.4 Å². The normalized spacial score (nSPS) is 15.8. The molecule has 244 valence electrons. The number of ether oxygens (including phenoxy) is 1. The van der Waals surface area contributed by atoms with Gasteiger partial charge >= 0.3 is 6.18 Å². The molecule has 0 bridgehead atoms. The van der Waals surface area contributed by atoms with E-state index in [4.69, 9.17) is 20.9 Å². The van der Waals surface area contributed by atoms with Crippen molar-refractivity contribution in [2.75, 3.05) is 54.5 Å². The summed E-state index contributed by atoms with van der Waals surface area (Å²) in [5, 5.41) is 20.2. The number of aromatic hydroxyl groups is 1. The molecule has 0 atom stereocenters. The third-order valence-corrected chi connectivity index (χ3v) is 8.09. The van der Waals surface area contributed by atoms with E-state index in [0.717, 1.165) is 16.4 Å². The summed E-state index contributed by atoms with van der Waals surface area (Å²) in [5.74, 6) is -1.83. The maximum absolute atomic E-state index is 14.3. The van der Waals surface area contributed by atoms with E-state index >= 15 is 0 Å². The van der Waals surface area contributed by atoms with Crippen molar-refractivity contribution in [3.63, 3.8) is 0 Å². The van der Waals surface area contributed by atoms with Crippen molar-refractivity contribution in [1.29, 1.82) is 0 Å². The lowest BCUT2D eigenvalue weighted by atomic mass is 10.1. The maximum atomic E-state index is 14.3. The zero-order valence-corrected chi connectivity index (χ0v) is 25.0. The number of fused-ring (bicyclic) bond motifs is 1. The number of halogens is 5. The Balaban J connectivity index is 1.38. The third kappa shape index (κ3) is 5.87. The molecule has 0 saturated carbocycles. The van der Waals surface area contributed by atoms with E-state index < -0.39 is 40.6 Å². The molecule has 4 aromatic rings. The molecule has 2 aliphatic rings. The maximum Gasteiger partial charge on any atom is 0.419 e. The number of hydrogen-bond acceptors (Lipinski definition) is 10. The minimum atomic E-state index is -4.98. The van der Waals surface area contributed by atoms with Gasteiger partial charge in [-0.25, -0.2) is 4.39 Å². The molecule has 2 N–H and O–H groups in total. The zero-order chi connectivity index (χ0) is 32.7. The van der Waals surface area contributed by atoms with Gasteiger partial charge in [0.2, 0.25) is 23.3 Å². The van der Waals surface area contributed by atoms with Crippen LogP contribution in [0, 0.1) is 5.82 Å². The van der Waals surface area contributed by atoms with Crippen LogP contribution in [0.5, 0.6) is 5.75 Å².